The lowest BCUT2D eigenvalue weighted by Gasteiger charge is -2.18. The van der Waals surface area contributed by atoms with E-state index in [1.54, 1.807) is 18.4 Å². The minimum absolute atomic E-state index is 0.144. The Morgan fingerprint density at radius 1 is 0.860 bits per heavy atom. The second-order valence-electron chi connectivity index (χ2n) is 10.9. The summed E-state index contributed by atoms with van der Waals surface area (Å²) in [4.78, 5) is 14.9. The van der Waals surface area contributed by atoms with Crippen molar-refractivity contribution in [2.45, 2.75) is 32.4 Å². The maximum Gasteiger partial charge on any atom is 0.255 e. The Morgan fingerprint density at radius 2 is 1.63 bits per heavy atom. The molecule has 5 aromatic rings. The van der Waals surface area contributed by atoms with Crippen LogP contribution in [0.15, 0.2) is 91.0 Å². The minimum atomic E-state index is -0.497. The smallest absolute Gasteiger partial charge is 0.255 e. The first-order valence-electron chi connectivity index (χ1n) is 14.7. The molecule has 0 bridgehead atoms. The van der Waals surface area contributed by atoms with Crippen LogP contribution in [0.4, 0.5) is 0 Å². The van der Waals surface area contributed by atoms with E-state index >= 15 is 0 Å². The average molecular weight is 593 g/mol. The summed E-state index contributed by atoms with van der Waals surface area (Å²) in [5.74, 6) is 1.90. The second-order valence-corrected chi connectivity index (χ2v) is 12.0. The minimum Gasteiger partial charge on any atom is -0.496 e. The molecule has 7 heteroatoms. The molecule has 0 atom stereocenters. The molecule has 1 amide bonds. The molecule has 6 nitrogen and oxygen atoms in total. The number of methoxy groups -OCH3 is 1. The summed E-state index contributed by atoms with van der Waals surface area (Å²) in [5, 5.41) is 1.21. The van der Waals surface area contributed by atoms with Gasteiger partial charge in [-0.3, -0.25) is 9.69 Å². The van der Waals surface area contributed by atoms with E-state index < -0.39 is 5.91 Å². The van der Waals surface area contributed by atoms with Gasteiger partial charge >= 0.3 is 0 Å². The van der Waals surface area contributed by atoms with Crippen LogP contribution in [0.5, 0.6) is 17.2 Å². The number of nitrogens with zero attached hydrogens (tertiary/aromatic N) is 1. The Bertz CT molecular complexity index is 1690. The molecule has 0 saturated carbocycles. The number of benzene rings is 4. The van der Waals surface area contributed by atoms with Crippen LogP contribution in [0.2, 0.25) is 0 Å². The highest BCUT2D eigenvalue weighted by atomic mass is 32.1. The van der Waals surface area contributed by atoms with Crippen molar-refractivity contribution < 1.29 is 19.0 Å². The molecule has 1 saturated heterocycles. The zero-order chi connectivity index (χ0) is 29.6. The Hall–Kier alpha value is -4.33. The van der Waals surface area contributed by atoms with E-state index in [0.29, 0.717) is 12.4 Å². The van der Waals surface area contributed by atoms with Gasteiger partial charge in [0.1, 0.15) is 23.9 Å². The van der Waals surface area contributed by atoms with Crippen LogP contribution in [0.25, 0.3) is 20.5 Å². The third-order valence-electron chi connectivity index (χ3n) is 7.84. The highest BCUT2D eigenvalue weighted by Gasteiger charge is 2.18. The predicted octanol–water partition coefficient (Wildman–Crippen LogP) is 7.21. The van der Waals surface area contributed by atoms with Gasteiger partial charge in [0, 0.05) is 21.7 Å². The van der Waals surface area contributed by atoms with Gasteiger partial charge in [0.05, 0.1) is 7.11 Å². The molecular formula is C36H36N2O4S. The lowest BCUT2D eigenvalue weighted by atomic mass is 9.97. The first kappa shape index (κ1) is 28.8. The number of primary amides is 1. The van der Waals surface area contributed by atoms with E-state index in [1.807, 2.05) is 42.5 Å². The molecule has 4 aromatic carbocycles. The number of nitrogens with two attached hydrogens (primary N) is 1. The standard InChI is InChI=1S/C36H36N2O4S/c1-40-33-20-26(9-10-28(33)22-38-17-5-6-18-38)19-32-31-16-15-30(41-23-25-7-3-2-4-8-25)21-34(31)43-36(32)27-11-13-29(14-12-27)42-24-35(37)39/h2-4,7-16,20-21H,5-6,17-19,22-24H2,1H3,(H2,37,39). The first-order chi connectivity index (χ1) is 21.1. The molecule has 1 aliphatic rings. The molecular weight excluding hydrogens is 556 g/mol. The molecule has 220 valence electrons. The van der Waals surface area contributed by atoms with Crippen molar-refractivity contribution in [2.75, 3.05) is 26.8 Å². The molecule has 0 spiro atoms. The predicted molar refractivity (Wildman–Crippen MR) is 173 cm³/mol. The summed E-state index contributed by atoms with van der Waals surface area (Å²) in [7, 11) is 1.76. The van der Waals surface area contributed by atoms with Crippen LogP contribution in [0.1, 0.15) is 35.1 Å². The van der Waals surface area contributed by atoms with Crippen LogP contribution in [0.3, 0.4) is 0 Å². The third-order valence-corrected chi connectivity index (χ3v) is 9.08. The largest absolute Gasteiger partial charge is 0.496 e. The zero-order valence-corrected chi connectivity index (χ0v) is 25.2. The zero-order valence-electron chi connectivity index (χ0n) is 24.4. The van der Waals surface area contributed by atoms with Crippen LogP contribution in [0, 0.1) is 0 Å². The van der Waals surface area contributed by atoms with E-state index in [2.05, 4.69) is 53.4 Å². The number of carbonyl (C=O) groups is 1. The van der Waals surface area contributed by atoms with E-state index in [9.17, 15) is 4.79 Å². The number of hydrogen-bond acceptors (Lipinski definition) is 6. The van der Waals surface area contributed by atoms with Crippen molar-refractivity contribution >= 4 is 27.3 Å². The Morgan fingerprint density at radius 3 is 2.37 bits per heavy atom. The van der Waals surface area contributed by atoms with Gasteiger partial charge in [0.15, 0.2) is 6.61 Å². The lowest BCUT2D eigenvalue weighted by molar-refractivity contribution is -0.119. The Labute approximate surface area is 256 Å². The van der Waals surface area contributed by atoms with E-state index in [1.165, 1.54) is 44.5 Å². The van der Waals surface area contributed by atoms with Gasteiger partial charge in [-0.25, -0.2) is 0 Å². The molecule has 43 heavy (non-hydrogen) atoms. The fraction of sp³-hybridized carbons (Fsp3) is 0.250. The van der Waals surface area contributed by atoms with Gasteiger partial charge < -0.3 is 19.9 Å². The van der Waals surface area contributed by atoms with Crippen molar-refractivity contribution in [3.05, 3.63) is 113 Å². The van der Waals surface area contributed by atoms with Gasteiger partial charge in [0.25, 0.3) is 5.91 Å². The first-order valence-corrected chi connectivity index (χ1v) is 15.5. The number of likely N-dealkylation sites (tertiary alicyclic amines) is 1. The summed E-state index contributed by atoms with van der Waals surface area (Å²) in [6.45, 7) is 3.60. The molecule has 1 aliphatic heterocycles. The van der Waals surface area contributed by atoms with Crippen molar-refractivity contribution in [3.8, 4) is 27.7 Å². The van der Waals surface area contributed by atoms with Crippen LogP contribution in [-0.4, -0.2) is 37.6 Å². The normalized spacial score (nSPS) is 13.3. The summed E-state index contributed by atoms with van der Waals surface area (Å²) < 4.78 is 18.7. The van der Waals surface area contributed by atoms with E-state index in [4.69, 9.17) is 19.9 Å². The molecule has 0 aliphatic carbocycles. The number of carbonyl (C=O) groups excluding carboxylic acids is 1. The monoisotopic (exact) mass is 592 g/mol. The summed E-state index contributed by atoms with van der Waals surface area (Å²) in [6.07, 6.45) is 3.30. The maximum atomic E-state index is 11.2. The quantitative estimate of drug-likeness (QED) is 0.166. The van der Waals surface area contributed by atoms with Crippen molar-refractivity contribution in [3.63, 3.8) is 0 Å². The number of thiophene rings is 1. The summed E-state index contributed by atoms with van der Waals surface area (Å²) >= 11 is 1.76. The number of ether oxygens (including phenoxy) is 3. The molecule has 2 heterocycles. The molecule has 6 rings (SSSR count). The van der Waals surface area contributed by atoms with Gasteiger partial charge in [-0.2, -0.15) is 0 Å². The highest BCUT2D eigenvalue weighted by Crippen LogP contribution is 2.42. The molecule has 1 fully saturated rings. The van der Waals surface area contributed by atoms with Crippen molar-refractivity contribution in [2.24, 2.45) is 5.73 Å². The van der Waals surface area contributed by atoms with Crippen molar-refractivity contribution in [1.29, 1.82) is 0 Å². The van der Waals surface area contributed by atoms with Crippen LogP contribution in [-0.2, 0) is 24.4 Å². The number of hydrogen-bond donors (Lipinski definition) is 1. The maximum absolute atomic E-state index is 11.2. The van der Waals surface area contributed by atoms with E-state index in [-0.39, 0.29) is 6.61 Å². The second kappa shape index (κ2) is 13.3. The number of fused-ring (bicyclic) bond motifs is 1. The Kier molecular flexibility index (Phi) is 8.91. The fourth-order valence-corrected chi connectivity index (χ4v) is 6.90. The molecule has 0 unspecified atom stereocenters. The van der Waals surface area contributed by atoms with Crippen molar-refractivity contribution in [1.82, 2.24) is 4.90 Å². The number of amides is 1. The fourth-order valence-electron chi connectivity index (χ4n) is 5.64. The summed E-state index contributed by atoms with van der Waals surface area (Å²) in [5.41, 5.74) is 11.2. The van der Waals surface area contributed by atoms with Gasteiger partial charge in [-0.15, -0.1) is 11.3 Å². The average Bonchev–Trinajstić information content (AvgIpc) is 3.68. The Balaban J connectivity index is 1.32. The lowest BCUT2D eigenvalue weighted by Crippen LogP contribution is -2.19. The molecule has 0 radical (unpaired) electrons. The SMILES string of the molecule is COc1cc(Cc2c(-c3ccc(OCC(N)=O)cc3)sc3cc(OCc4ccccc4)ccc23)ccc1CN1CCCC1. The number of rotatable bonds is 12. The van der Waals surface area contributed by atoms with E-state index in [0.717, 1.165) is 48.7 Å². The molecule has 2 N–H and O–H groups in total. The molecule has 1 aromatic heterocycles. The van der Waals surface area contributed by atoms with Gasteiger partial charge in [-0.1, -0.05) is 42.5 Å². The summed E-state index contributed by atoms with van der Waals surface area (Å²) in [6, 6.07) is 31.1. The van der Waals surface area contributed by atoms with Gasteiger partial charge in [-0.05, 0) is 109 Å². The highest BCUT2D eigenvalue weighted by molar-refractivity contribution is 7.22. The van der Waals surface area contributed by atoms with Crippen LogP contribution >= 0.6 is 11.3 Å². The third kappa shape index (κ3) is 7.01. The topological polar surface area (TPSA) is 74.0 Å². The van der Waals surface area contributed by atoms with Gasteiger partial charge in [0.2, 0.25) is 0 Å². The van der Waals surface area contributed by atoms with Crippen LogP contribution < -0.4 is 19.9 Å².